The Morgan fingerprint density at radius 2 is 1.59 bits per heavy atom. The molecular formula is C14H14O3. The van der Waals surface area contributed by atoms with E-state index in [2.05, 4.69) is 0 Å². The summed E-state index contributed by atoms with van der Waals surface area (Å²) in [6.07, 6.45) is 3.29. The predicted octanol–water partition coefficient (Wildman–Crippen LogP) is 3.71. The van der Waals surface area contributed by atoms with Gasteiger partial charge < -0.3 is 13.9 Å². The standard InChI is InChI=1S/C14H14O3/c1-8-9-4-6-17-13(9)11(14(2,3)15)10-5-7-16-12(8)10/h4-7,15H,1-3H3. The number of fused-ring (bicyclic) bond motifs is 2. The van der Waals surface area contributed by atoms with E-state index < -0.39 is 5.60 Å². The van der Waals surface area contributed by atoms with E-state index in [4.69, 9.17) is 8.83 Å². The molecule has 0 spiro atoms. The van der Waals surface area contributed by atoms with Crippen molar-refractivity contribution < 1.29 is 13.9 Å². The fourth-order valence-corrected chi connectivity index (χ4v) is 2.45. The summed E-state index contributed by atoms with van der Waals surface area (Å²) in [6.45, 7) is 5.51. The first-order chi connectivity index (χ1) is 8.00. The molecule has 0 aliphatic heterocycles. The van der Waals surface area contributed by atoms with Crippen LogP contribution in [0.1, 0.15) is 25.0 Å². The van der Waals surface area contributed by atoms with Crippen LogP contribution >= 0.6 is 0 Å². The molecule has 0 unspecified atom stereocenters. The van der Waals surface area contributed by atoms with E-state index in [0.717, 1.165) is 33.1 Å². The van der Waals surface area contributed by atoms with Gasteiger partial charge in [0.1, 0.15) is 11.2 Å². The Balaban J connectivity index is 2.62. The Kier molecular flexibility index (Phi) is 1.92. The van der Waals surface area contributed by atoms with Crippen LogP contribution in [0.25, 0.3) is 21.9 Å². The third kappa shape index (κ3) is 1.32. The average Bonchev–Trinajstić information content (AvgIpc) is 2.83. The molecule has 0 amide bonds. The van der Waals surface area contributed by atoms with Crippen LogP contribution in [-0.2, 0) is 5.60 Å². The minimum atomic E-state index is -0.966. The zero-order valence-corrected chi connectivity index (χ0v) is 10.1. The lowest BCUT2D eigenvalue weighted by molar-refractivity contribution is 0.0807. The van der Waals surface area contributed by atoms with Crippen molar-refractivity contribution in [3.05, 3.63) is 35.8 Å². The van der Waals surface area contributed by atoms with Gasteiger partial charge in [-0.05, 0) is 32.9 Å². The largest absolute Gasteiger partial charge is 0.464 e. The molecular weight excluding hydrogens is 216 g/mol. The van der Waals surface area contributed by atoms with Crippen molar-refractivity contribution in [2.24, 2.45) is 0 Å². The summed E-state index contributed by atoms with van der Waals surface area (Å²) in [7, 11) is 0. The molecule has 0 bridgehead atoms. The highest BCUT2D eigenvalue weighted by Gasteiger charge is 2.26. The zero-order valence-electron chi connectivity index (χ0n) is 10.1. The molecule has 0 saturated carbocycles. The number of aryl methyl sites for hydroxylation is 1. The van der Waals surface area contributed by atoms with Crippen molar-refractivity contribution in [1.29, 1.82) is 0 Å². The molecule has 0 radical (unpaired) electrons. The number of hydrogen-bond acceptors (Lipinski definition) is 3. The van der Waals surface area contributed by atoms with Crippen molar-refractivity contribution in [1.82, 2.24) is 0 Å². The SMILES string of the molecule is Cc1c2ccoc2c(C(C)(C)O)c2ccoc12. The summed E-state index contributed by atoms with van der Waals surface area (Å²) in [5.41, 5.74) is 2.42. The summed E-state index contributed by atoms with van der Waals surface area (Å²) in [5, 5.41) is 12.2. The van der Waals surface area contributed by atoms with E-state index in [-0.39, 0.29) is 0 Å². The van der Waals surface area contributed by atoms with Crippen LogP contribution in [0.15, 0.2) is 33.5 Å². The van der Waals surface area contributed by atoms with E-state index in [1.54, 1.807) is 26.4 Å². The first kappa shape index (κ1) is 10.4. The summed E-state index contributed by atoms with van der Waals surface area (Å²) in [4.78, 5) is 0. The molecule has 3 heteroatoms. The molecule has 88 valence electrons. The third-order valence-electron chi connectivity index (χ3n) is 3.18. The van der Waals surface area contributed by atoms with Gasteiger partial charge in [0.25, 0.3) is 0 Å². The molecule has 2 heterocycles. The lowest BCUT2D eigenvalue weighted by atomic mass is 9.91. The van der Waals surface area contributed by atoms with Crippen molar-refractivity contribution in [3.63, 3.8) is 0 Å². The van der Waals surface area contributed by atoms with Gasteiger partial charge in [-0.1, -0.05) is 0 Å². The molecule has 0 saturated heterocycles. The monoisotopic (exact) mass is 230 g/mol. The second-order valence-corrected chi connectivity index (χ2v) is 4.89. The van der Waals surface area contributed by atoms with Gasteiger partial charge >= 0.3 is 0 Å². The molecule has 0 aliphatic carbocycles. The van der Waals surface area contributed by atoms with Crippen molar-refractivity contribution in [3.8, 4) is 0 Å². The van der Waals surface area contributed by atoms with Gasteiger partial charge in [-0.15, -0.1) is 0 Å². The molecule has 0 aliphatic rings. The third-order valence-corrected chi connectivity index (χ3v) is 3.18. The van der Waals surface area contributed by atoms with Gasteiger partial charge in [-0.2, -0.15) is 0 Å². The van der Waals surface area contributed by atoms with Crippen molar-refractivity contribution >= 4 is 21.9 Å². The minimum Gasteiger partial charge on any atom is -0.464 e. The lowest BCUT2D eigenvalue weighted by Crippen LogP contribution is -2.16. The van der Waals surface area contributed by atoms with E-state index in [9.17, 15) is 5.11 Å². The molecule has 3 nitrogen and oxygen atoms in total. The number of hydrogen-bond donors (Lipinski definition) is 1. The topological polar surface area (TPSA) is 46.5 Å². The summed E-state index contributed by atoms with van der Waals surface area (Å²) < 4.78 is 11.0. The molecule has 2 aromatic heterocycles. The normalized spacial score (nSPS) is 12.7. The molecule has 0 fully saturated rings. The Bertz CT molecular complexity index is 643. The predicted molar refractivity (Wildman–Crippen MR) is 66.0 cm³/mol. The maximum absolute atomic E-state index is 10.3. The maximum Gasteiger partial charge on any atom is 0.141 e. The Morgan fingerprint density at radius 3 is 2.24 bits per heavy atom. The van der Waals surface area contributed by atoms with Crippen LogP contribution in [0.5, 0.6) is 0 Å². The highest BCUT2D eigenvalue weighted by molar-refractivity contribution is 6.01. The van der Waals surface area contributed by atoms with Gasteiger partial charge in [0.15, 0.2) is 0 Å². The highest BCUT2D eigenvalue weighted by atomic mass is 16.3. The number of rotatable bonds is 1. The molecule has 3 aromatic rings. The first-order valence-electron chi connectivity index (χ1n) is 5.60. The maximum atomic E-state index is 10.3. The van der Waals surface area contributed by atoms with E-state index in [1.165, 1.54) is 0 Å². The van der Waals surface area contributed by atoms with Crippen LogP contribution in [0.2, 0.25) is 0 Å². The van der Waals surface area contributed by atoms with Gasteiger partial charge in [0, 0.05) is 21.9 Å². The average molecular weight is 230 g/mol. The Morgan fingerprint density at radius 1 is 1.00 bits per heavy atom. The second-order valence-electron chi connectivity index (χ2n) is 4.89. The number of benzene rings is 1. The molecule has 3 rings (SSSR count). The van der Waals surface area contributed by atoms with E-state index in [0.29, 0.717) is 0 Å². The van der Waals surface area contributed by atoms with E-state index >= 15 is 0 Å². The second kappa shape index (κ2) is 3.14. The first-order valence-corrected chi connectivity index (χ1v) is 5.60. The van der Waals surface area contributed by atoms with E-state index in [1.807, 2.05) is 19.1 Å². The summed E-state index contributed by atoms with van der Waals surface area (Å²) in [5.74, 6) is 0. The fraction of sp³-hybridized carbons (Fsp3) is 0.286. The lowest BCUT2D eigenvalue weighted by Gasteiger charge is -2.19. The van der Waals surface area contributed by atoms with Gasteiger partial charge in [-0.3, -0.25) is 0 Å². The van der Waals surface area contributed by atoms with Crippen LogP contribution < -0.4 is 0 Å². The highest BCUT2D eigenvalue weighted by Crippen LogP contribution is 2.39. The summed E-state index contributed by atoms with van der Waals surface area (Å²) >= 11 is 0. The Hall–Kier alpha value is -1.74. The minimum absolute atomic E-state index is 0.740. The quantitative estimate of drug-likeness (QED) is 0.693. The summed E-state index contributed by atoms with van der Waals surface area (Å²) in [6, 6.07) is 3.78. The zero-order chi connectivity index (χ0) is 12.2. The van der Waals surface area contributed by atoms with Gasteiger partial charge in [0.2, 0.25) is 0 Å². The van der Waals surface area contributed by atoms with Gasteiger partial charge in [0.05, 0.1) is 18.1 Å². The molecule has 17 heavy (non-hydrogen) atoms. The molecule has 1 aromatic carbocycles. The molecule has 0 atom stereocenters. The van der Waals surface area contributed by atoms with Crippen LogP contribution in [0.3, 0.4) is 0 Å². The Labute approximate surface area is 98.6 Å². The smallest absolute Gasteiger partial charge is 0.141 e. The van der Waals surface area contributed by atoms with Crippen molar-refractivity contribution in [2.75, 3.05) is 0 Å². The van der Waals surface area contributed by atoms with Crippen LogP contribution in [-0.4, -0.2) is 5.11 Å². The van der Waals surface area contributed by atoms with Crippen LogP contribution in [0.4, 0.5) is 0 Å². The number of aliphatic hydroxyl groups is 1. The number of furan rings is 2. The van der Waals surface area contributed by atoms with Gasteiger partial charge in [-0.25, -0.2) is 0 Å². The van der Waals surface area contributed by atoms with Crippen molar-refractivity contribution in [2.45, 2.75) is 26.4 Å². The molecule has 1 N–H and O–H groups in total. The fourth-order valence-electron chi connectivity index (χ4n) is 2.45. The van der Waals surface area contributed by atoms with Crippen LogP contribution in [0, 0.1) is 6.92 Å².